The van der Waals surface area contributed by atoms with Crippen molar-refractivity contribution in [2.24, 2.45) is 0 Å². The summed E-state index contributed by atoms with van der Waals surface area (Å²) >= 11 is 11.3. The average Bonchev–Trinajstić information content (AvgIpc) is 2.65. The van der Waals surface area contributed by atoms with Crippen molar-refractivity contribution < 1.29 is 24.2 Å². The van der Waals surface area contributed by atoms with E-state index in [1.54, 1.807) is 12.1 Å². The summed E-state index contributed by atoms with van der Waals surface area (Å²) in [6.45, 7) is 1.18. The Morgan fingerprint density at radius 3 is 2.66 bits per heavy atom. The molecule has 2 aromatic carbocycles. The van der Waals surface area contributed by atoms with Gasteiger partial charge in [0, 0.05) is 0 Å². The molecule has 3 rings (SSSR count). The van der Waals surface area contributed by atoms with E-state index in [0.717, 1.165) is 5.56 Å². The minimum Gasteiger partial charge on any atom is -0.546 e. The molecule has 148 valence electrons. The van der Waals surface area contributed by atoms with E-state index in [2.05, 4.69) is 5.32 Å². The van der Waals surface area contributed by atoms with Crippen molar-refractivity contribution in [1.82, 2.24) is 5.32 Å². The molecule has 1 aliphatic heterocycles. The van der Waals surface area contributed by atoms with Crippen LogP contribution in [0.15, 0.2) is 48.0 Å². The van der Waals surface area contributed by atoms with Gasteiger partial charge in [-0.15, -0.1) is 0 Å². The predicted octanol–water partition coefficient (Wildman–Crippen LogP) is 1.61. The predicted molar refractivity (Wildman–Crippen MR) is 109 cm³/mol. The van der Waals surface area contributed by atoms with E-state index in [1.165, 1.54) is 29.2 Å². The topological polar surface area (TPSA) is 98.8 Å². The highest BCUT2D eigenvalue weighted by Gasteiger charge is 2.35. The Hall–Kier alpha value is -3.23. The minimum atomic E-state index is -1.39. The Morgan fingerprint density at radius 1 is 1.28 bits per heavy atom. The normalized spacial score (nSPS) is 15.4. The van der Waals surface area contributed by atoms with Crippen molar-refractivity contribution in [2.75, 3.05) is 11.5 Å². The second-order valence-electron chi connectivity index (χ2n) is 6.09. The largest absolute Gasteiger partial charge is 0.546 e. The highest BCUT2D eigenvalue weighted by Crippen LogP contribution is 2.28. The van der Waals surface area contributed by atoms with Crippen LogP contribution in [0.5, 0.6) is 5.75 Å². The maximum absolute atomic E-state index is 13.0. The first-order valence-corrected chi connectivity index (χ1v) is 9.16. The number of thiocarbonyl (C=S) groups is 1. The van der Waals surface area contributed by atoms with E-state index in [1.807, 2.05) is 19.1 Å². The van der Waals surface area contributed by atoms with Gasteiger partial charge in [-0.2, -0.15) is 0 Å². The lowest BCUT2D eigenvalue weighted by Gasteiger charge is -2.30. The number of ether oxygens (including phenoxy) is 1. The Morgan fingerprint density at radius 2 is 2.00 bits per heavy atom. The first-order chi connectivity index (χ1) is 13.8. The molecule has 0 bridgehead atoms. The molecule has 1 fully saturated rings. The van der Waals surface area contributed by atoms with Crippen LogP contribution in [0.2, 0.25) is 5.02 Å². The van der Waals surface area contributed by atoms with Gasteiger partial charge < -0.3 is 14.6 Å². The van der Waals surface area contributed by atoms with Crippen LogP contribution < -0.4 is 20.1 Å². The van der Waals surface area contributed by atoms with Crippen LogP contribution in [0.25, 0.3) is 6.08 Å². The fourth-order valence-corrected chi connectivity index (χ4v) is 3.24. The molecule has 1 saturated heterocycles. The van der Waals surface area contributed by atoms with Gasteiger partial charge in [0.2, 0.25) is 0 Å². The molecule has 0 unspecified atom stereocenters. The number of nitrogens with zero attached hydrogens (tertiary/aromatic N) is 1. The van der Waals surface area contributed by atoms with Gasteiger partial charge in [-0.25, -0.2) is 0 Å². The first kappa shape index (κ1) is 20.5. The Balaban J connectivity index is 1.94. The first-order valence-electron chi connectivity index (χ1n) is 8.37. The molecule has 2 aromatic rings. The summed E-state index contributed by atoms with van der Waals surface area (Å²) in [4.78, 5) is 37.1. The molecule has 1 N–H and O–H groups in total. The Bertz CT molecular complexity index is 1070. The summed E-state index contributed by atoms with van der Waals surface area (Å²) in [6.07, 6.45) is 1.37. The lowest BCUT2D eigenvalue weighted by Crippen LogP contribution is -2.54. The number of aliphatic carboxylic acids is 1. The van der Waals surface area contributed by atoms with Crippen LogP contribution in [0.1, 0.15) is 11.1 Å². The molecule has 1 aliphatic rings. The number of carbonyl (C=O) groups is 3. The van der Waals surface area contributed by atoms with Crippen LogP contribution in [0, 0.1) is 6.92 Å². The number of hydrogen-bond acceptors (Lipinski definition) is 6. The summed E-state index contributed by atoms with van der Waals surface area (Å²) in [5.74, 6) is -2.44. The van der Waals surface area contributed by atoms with Gasteiger partial charge in [0.1, 0.15) is 17.9 Å². The van der Waals surface area contributed by atoms with Crippen LogP contribution in [-0.2, 0) is 14.4 Å². The maximum atomic E-state index is 13.0. The molecular weight excluding hydrogens is 416 g/mol. The summed E-state index contributed by atoms with van der Waals surface area (Å²) in [5, 5.41) is 13.1. The molecular formula is C20H14ClN2O5S-. The second-order valence-corrected chi connectivity index (χ2v) is 6.89. The van der Waals surface area contributed by atoms with Crippen LogP contribution in [0.4, 0.5) is 5.69 Å². The van der Waals surface area contributed by atoms with Gasteiger partial charge in [0.25, 0.3) is 11.8 Å². The van der Waals surface area contributed by atoms with Crippen molar-refractivity contribution in [3.63, 3.8) is 0 Å². The number of carboxylic acid groups (broad SMARTS) is 1. The van der Waals surface area contributed by atoms with Crippen molar-refractivity contribution in [3.8, 4) is 5.75 Å². The molecule has 9 heteroatoms. The number of benzene rings is 2. The SMILES string of the molecule is Cc1ccccc1N1C(=O)/C(=C/c2ccc(OCC(=O)[O-])c(Cl)c2)C(=O)NC1=S. The highest BCUT2D eigenvalue weighted by atomic mass is 35.5. The van der Waals surface area contributed by atoms with Crippen LogP contribution >= 0.6 is 23.8 Å². The van der Waals surface area contributed by atoms with E-state index in [0.29, 0.717) is 11.3 Å². The third-order valence-electron chi connectivity index (χ3n) is 4.07. The smallest absolute Gasteiger partial charge is 0.270 e. The average molecular weight is 430 g/mol. The van der Waals surface area contributed by atoms with Crippen molar-refractivity contribution in [3.05, 3.63) is 64.2 Å². The molecule has 1 heterocycles. The third kappa shape index (κ3) is 4.44. The van der Waals surface area contributed by atoms with Gasteiger partial charge in [0.05, 0.1) is 16.7 Å². The summed E-state index contributed by atoms with van der Waals surface area (Å²) in [7, 11) is 0. The molecule has 0 spiro atoms. The number of halogens is 1. The Kier molecular flexibility index (Phi) is 5.95. The van der Waals surface area contributed by atoms with Crippen molar-refractivity contribution >= 4 is 58.5 Å². The quantitative estimate of drug-likeness (QED) is 0.440. The fourth-order valence-electron chi connectivity index (χ4n) is 2.72. The molecule has 29 heavy (non-hydrogen) atoms. The number of nitrogens with one attached hydrogen (secondary N) is 1. The van der Waals surface area contributed by atoms with Gasteiger partial charge in [-0.3, -0.25) is 19.8 Å². The van der Waals surface area contributed by atoms with Crippen molar-refractivity contribution in [2.45, 2.75) is 6.92 Å². The van der Waals surface area contributed by atoms with E-state index < -0.39 is 24.4 Å². The lowest BCUT2D eigenvalue weighted by atomic mass is 10.1. The number of carbonyl (C=O) groups excluding carboxylic acids is 3. The van der Waals surface area contributed by atoms with Gasteiger partial charge in [-0.05, 0) is 54.5 Å². The Labute approximate surface area is 176 Å². The zero-order chi connectivity index (χ0) is 21.1. The number of rotatable bonds is 5. The molecule has 0 aromatic heterocycles. The molecule has 0 radical (unpaired) electrons. The maximum Gasteiger partial charge on any atom is 0.270 e. The zero-order valence-corrected chi connectivity index (χ0v) is 16.7. The van der Waals surface area contributed by atoms with E-state index >= 15 is 0 Å². The number of aryl methyl sites for hydroxylation is 1. The number of amides is 2. The summed E-state index contributed by atoms with van der Waals surface area (Å²) < 4.78 is 5.00. The number of carboxylic acids is 1. The summed E-state index contributed by atoms with van der Waals surface area (Å²) in [6, 6.07) is 11.6. The van der Waals surface area contributed by atoms with E-state index in [9.17, 15) is 19.5 Å². The monoisotopic (exact) mass is 429 g/mol. The minimum absolute atomic E-state index is 0.00416. The fraction of sp³-hybridized carbons (Fsp3) is 0.100. The lowest BCUT2D eigenvalue weighted by molar-refractivity contribution is -0.307. The molecule has 7 nitrogen and oxygen atoms in total. The van der Waals surface area contributed by atoms with E-state index in [-0.39, 0.29) is 21.5 Å². The number of hydrogen-bond donors (Lipinski definition) is 1. The highest BCUT2D eigenvalue weighted by molar-refractivity contribution is 7.80. The van der Waals surface area contributed by atoms with Gasteiger partial charge >= 0.3 is 0 Å². The standard InChI is InChI=1S/C20H15ClN2O5S/c1-11-4-2-3-5-15(11)23-19(27)13(18(26)22-20(23)29)8-12-6-7-16(14(21)9-12)28-10-17(24)25/h2-9H,10H2,1H3,(H,24,25)(H,22,26,29)/p-1/b13-8+. The van der Waals surface area contributed by atoms with Crippen LogP contribution in [-0.4, -0.2) is 29.5 Å². The zero-order valence-electron chi connectivity index (χ0n) is 15.1. The molecule has 0 atom stereocenters. The summed E-state index contributed by atoms with van der Waals surface area (Å²) in [5.41, 5.74) is 1.71. The molecule has 2 amide bonds. The van der Waals surface area contributed by atoms with Crippen molar-refractivity contribution in [1.29, 1.82) is 0 Å². The van der Waals surface area contributed by atoms with Gasteiger partial charge in [-0.1, -0.05) is 35.9 Å². The van der Waals surface area contributed by atoms with Crippen LogP contribution in [0.3, 0.4) is 0 Å². The second kappa shape index (κ2) is 8.42. The number of para-hydroxylation sites is 1. The number of anilines is 1. The van der Waals surface area contributed by atoms with Gasteiger partial charge in [0.15, 0.2) is 5.11 Å². The molecule has 0 aliphatic carbocycles. The third-order valence-corrected chi connectivity index (χ3v) is 4.65. The van der Waals surface area contributed by atoms with E-state index in [4.69, 9.17) is 28.6 Å². The molecule has 0 saturated carbocycles.